The normalized spacial score (nSPS) is 25.5. The Morgan fingerprint density at radius 1 is 1.20 bits per heavy atom. The molecular weight excluding hydrogens is 263 g/mol. The maximum Gasteiger partial charge on any atom is 0.391 e. The van der Waals surface area contributed by atoms with Crippen LogP contribution in [0.15, 0.2) is 18.2 Å². The zero-order valence-corrected chi connectivity index (χ0v) is 12.0. The van der Waals surface area contributed by atoms with E-state index in [1.165, 1.54) is 0 Å². The molecule has 1 aliphatic rings. The van der Waals surface area contributed by atoms with Gasteiger partial charge in [0.1, 0.15) is 0 Å². The number of benzene rings is 1. The van der Waals surface area contributed by atoms with Crippen LogP contribution in [0.25, 0.3) is 0 Å². The molecule has 2 rings (SSSR count). The van der Waals surface area contributed by atoms with Gasteiger partial charge in [-0.2, -0.15) is 13.2 Å². The van der Waals surface area contributed by atoms with Crippen LogP contribution in [0.4, 0.5) is 13.2 Å². The van der Waals surface area contributed by atoms with E-state index in [1.807, 2.05) is 32.0 Å². The molecule has 0 radical (unpaired) electrons. The molecular formula is C16H22F3N. The molecule has 1 nitrogen and oxygen atoms in total. The van der Waals surface area contributed by atoms with E-state index >= 15 is 0 Å². The summed E-state index contributed by atoms with van der Waals surface area (Å²) in [5.41, 5.74) is 9.47. The third-order valence-corrected chi connectivity index (χ3v) is 4.47. The van der Waals surface area contributed by atoms with Gasteiger partial charge in [-0.1, -0.05) is 30.2 Å². The lowest BCUT2D eigenvalue weighted by Crippen LogP contribution is -2.33. The molecule has 20 heavy (non-hydrogen) atoms. The first kappa shape index (κ1) is 15.4. The molecule has 1 aromatic rings. The van der Waals surface area contributed by atoms with Crippen molar-refractivity contribution in [1.29, 1.82) is 0 Å². The molecule has 0 spiro atoms. The summed E-state index contributed by atoms with van der Waals surface area (Å²) in [6, 6.07) is 5.69. The Morgan fingerprint density at radius 3 is 2.50 bits per heavy atom. The van der Waals surface area contributed by atoms with E-state index in [0.717, 1.165) is 23.1 Å². The number of halogens is 3. The Kier molecular flexibility index (Phi) is 4.43. The predicted octanol–water partition coefficient (Wildman–Crippen LogP) is 4.67. The van der Waals surface area contributed by atoms with Crippen molar-refractivity contribution < 1.29 is 13.2 Å². The minimum absolute atomic E-state index is 0.0724. The van der Waals surface area contributed by atoms with Gasteiger partial charge in [0.2, 0.25) is 0 Å². The molecule has 1 aromatic carbocycles. The van der Waals surface area contributed by atoms with E-state index < -0.39 is 12.1 Å². The van der Waals surface area contributed by atoms with Gasteiger partial charge in [-0.15, -0.1) is 0 Å². The Labute approximate surface area is 118 Å². The molecule has 0 bridgehead atoms. The van der Waals surface area contributed by atoms with E-state index in [1.54, 1.807) is 0 Å². The van der Waals surface area contributed by atoms with Crippen LogP contribution in [0.3, 0.4) is 0 Å². The number of hydrogen-bond acceptors (Lipinski definition) is 1. The van der Waals surface area contributed by atoms with Gasteiger partial charge in [0, 0.05) is 6.04 Å². The van der Waals surface area contributed by atoms with Gasteiger partial charge < -0.3 is 5.73 Å². The van der Waals surface area contributed by atoms with Crippen LogP contribution >= 0.6 is 0 Å². The van der Waals surface area contributed by atoms with E-state index in [4.69, 9.17) is 5.73 Å². The Morgan fingerprint density at radius 2 is 1.90 bits per heavy atom. The first-order valence-corrected chi connectivity index (χ1v) is 7.18. The maximum absolute atomic E-state index is 12.9. The molecule has 2 N–H and O–H groups in total. The number of alkyl halides is 3. The van der Waals surface area contributed by atoms with Crippen LogP contribution in [0, 0.1) is 25.7 Å². The highest BCUT2D eigenvalue weighted by Crippen LogP contribution is 2.43. The van der Waals surface area contributed by atoms with Gasteiger partial charge in [-0.25, -0.2) is 0 Å². The maximum atomic E-state index is 12.9. The fourth-order valence-corrected chi connectivity index (χ4v) is 3.30. The monoisotopic (exact) mass is 285 g/mol. The SMILES string of the molecule is Cc1ccc(C(N)C2CCCC(C(F)(F)F)C2)c(C)c1. The Hall–Kier alpha value is -1.03. The second-order valence-corrected chi connectivity index (χ2v) is 6.05. The first-order valence-electron chi connectivity index (χ1n) is 7.18. The van der Waals surface area contributed by atoms with E-state index in [2.05, 4.69) is 0 Å². The van der Waals surface area contributed by atoms with Crippen molar-refractivity contribution in [2.75, 3.05) is 0 Å². The highest BCUT2D eigenvalue weighted by atomic mass is 19.4. The zero-order chi connectivity index (χ0) is 14.9. The van der Waals surface area contributed by atoms with Crippen molar-refractivity contribution in [2.24, 2.45) is 17.6 Å². The second kappa shape index (κ2) is 5.76. The summed E-state index contributed by atoms with van der Waals surface area (Å²) in [4.78, 5) is 0. The molecule has 112 valence electrons. The molecule has 3 unspecified atom stereocenters. The first-order chi connectivity index (χ1) is 9.29. The van der Waals surface area contributed by atoms with E-state index in [-0.39, 0.29) is 24.8 Å². The van der Waals surface area contributed by atoms with Crippen molar-refractivity contribution in [2.45, 2.75) is 51.7 Å². The molecule has 0 aromatic heterocycles. The molecule has 3 atom stereocenters. The number of nitrogens with two attached hydrogens (primary N) is 1. The third kappa shape index (κ3) is 3.35. The van der Waals surface area contributed by atoms with Gasteiger partial charge in [0.15, 0.2) is 0 Å². The minimum atomic E-state index is -4.08. The summed E-state index contributed by atoms with van der Waals surface area (Å²) in [5.74, 6) is -1.25. The van der Waals surface area contributed by atoms with Crippen molar-refractivity contribution in [3.8, 4) is 0 Å². The molecule has 1 aliphatic carbocycles. The minimum Gasteiger partial charge on any atom is -0.324 e. The summed E-state index contributed by atoms with van der Waals surface area (Å²) >= 11 is 0. The predicted molar refractivity (Wildman–Crippen MR) is 74.3 cm³/mol. The third-order valence-electron chi connectivity index (χ3n) is 4.47. The van der Waals surface area contributed by atoms with Crippen LogP contribution < -0.4 is 5.73 Å². The lowest BCUT2D eigenvalue weighted by Gasteiger charge is -2.34. The van der Waals surface area contributed by atoms with Crippen LogP contribution in [-0.2, 0) is 0 Å². The fourth-order valence-electron chi connectivity index (χ4n) is 3.30. The van der Waals surface area contributed by atoms with Crippen LogP contribution in [0.2, 0.25) is 0 Å². The van der Waals surface area contributed by atoms with E-state index in [9.17, 15) is 13.2 Å². The molecule has 1 fully saturated rings. The van der Waals surface area contributed by atoms with Gasteiger partial charge in [0.05, 0.1) is 5.92 Å². The summed E-state index contributed by atoms with van der Waals surface area (Å²) in [6.45, 7) is 3.98. The van der Waals surface area contributed by atoms with Gasteiger partial charge in [0.25, 0.3) is 0 Å². The molecule has 0 aliphatic heterocycles. The molecule has 0 heterocycles. The van der Waals surface area contributed by atoms with Crippen molar-refractivity contribution in [3.63, 3.8) is 0 Å². The molecule has 1 saturated carbocycles. The highest BCUT2D eigenvalue weighted by molar-refractivity contribution is 5.33. The average Bonchev–Trinajstić information content (AvgIpc) is 2.37. The molecule has 0 amide bonds. The van der Waals surface area contributed by atoms with Crippen LogP contribution in [0.5, 0.6) is 0 Å². The quantitative estimate of drug-likeness (QED) is 0.839. The topological polar surface area (TPSA) is 26.0 Å². The van der Waals surface area contributed by atoms with Crippen molar-refractivity contribution >= 4 is 0 Å². The van der Waals surface area contributed by atoms with Crippen LogP contribution in [-0.4, -0.2) is 6.18 Å². The van der Waals surface area contributed by atoms with Gasteiger partial charge >= 0.3 is 6.18 Å². The lowest BCUT2D eigenvalue weighted by molar-refractivity contribution is -0.186. The summed E-state index contributed by atoms with van der Waals surface area (Å²) in [6.07, 6.45) is -2.26. The summed E-state index contributed by atoms with van der Waals surface area (Å²) in [7, 11) is 0. The number of rotatable bonds is 2. The fraction of sp³-hybridized carbons (Fsp3) is 0.625. The van der Waals surface area contributed by atoms with Crippen molar-refractivity contribution in [1.82, 2.24) is 0 Å². The van der Waals surface area contributed by atoms with Gasteiger partial charge in [-0.3, -0.25) is 0 Å². The number of hydrogen-bond donors (Lipinski definition) is 1. The highest BCUT2D eigenvalue weighted by Gasteiger charge is 2.43. The van der Waals surface area contributed by atoms with Crippen molar-refractivity contribution in [3.05, 3.63) is 34.9 Å². The Balaban J connectivity index is 2.14. The second-order valence-electron chi connectivity index (χ2n) is 6.05. The smallest absolute Gasteiger partial charge is 0.324 e. The number of aryl methyl sites for hydroxylation is 2. The average molecular weight is 285 g/mol. The summed E-state index contributed by atoms with van der Waals surface area (Å²) < 4.78 is 38.6. The Bertz CT molecular complexity index is 467. The molecule has 4 heteroatoms. The van der Waals surface area contributed by atoms with Crippen LogP contribution in [0.1, 0.15) is 48.4 Å². The lowest BCUT2D eigenvalue weighted by atomic mass is 9.75. The largest absolute Gasteiger partial charge is 0.391 e. The molecule has 0 saturated heterocycles. The van der Waals surface area contributed by atoms with E-state index in [0.29, 0.717) is 6.42 Å². The summed E-state index contributed by atoms with van der Waals surface area (Å²) in [5, 5.41) is 0. The zero-order valence-electron chi connectivity index (χ0n) is 12.0. The van der Waals surface area contributed by atoms with Gasteiger partial charge in [-0.05, 0) is 50.2 Å². The standard InChI is InChI=1S/C16H22F3N/c1-10-6-7-14(11(2)8-10)15(20)12-4-3-5-13(9-12)16(17,18)19/h6-8,12-13,15H,3-5,9,20H2,1-2H3.